The van der Waals surface area contributed by atoms with Crippen molar-refractivity contribution in [1.82, 2.24) is 24.5 Å². The van der Waals surface area contributed by atoms with Crippen LogP contribution in [0.4, 0.5) is 11.8 Å². The Hall–Kier alpha value is -3.19. The standard InChI is InChI=1S/C17H20N8O4/c1-8(9-3-2-4-19-5-9)23-24-17-22-11-14(18)20-7-21-15(11)25(17)16-13(28)12(27)10(6-26)29-16/h2-5,7,10,12-13,16,26-28H,6H2,1H3,(H,22,24)(H2,18,20,21). The molecule has 4 unspecified atom stereocenters. The van der Waals surface area contributed by atoms with Gasteiger partial charge in [0.1, 0.15) is 24.6 Å². The minimum absolute atomic E-state index is 0.136. The number of hydrogen-bond donors (Lipinski definition) is 5. The number of nitrogens with two attached hydrogens (primary N) is 1. The normalized spacial score (nSPS) is 24.9. The summed E-state index contributed by atoms with van der Waals surface area (Å²) in [6.45, 7) is 1.33. The Balaban J connectivity index is 1.76. The van der Waals surface area contributed by atoms with Gasteiger partial charge < -0.3 is 25.8 Å². The van der Waals surface area contributed by atoms with Crippen LogP contribution in [0, 0.1) is 0 Å². The predicted molar refractivity (Wildman–Crippen MR) is 103 cm³/mol. The number of imidazole rings is 1. The molecular formula is C17H20N8O4. The summed E-state index contributed by atoms with van der Waals surface area (Å²) >= 11 is 0. The van der Waals surface area contributed by atoms with E-state index in [-0.39, 0.29) is 22.9 Å². The number of hydrogen-bond acceptors (Lipinski definition) is 11. The number of aromatic nitrogens is 5. The highest BCUT2D eigenvalue weighted by Crippen LogP contribution is 2.35. The van der Waals surface area contributed by atoms with Crippen LogP contribution in [0.25, 0.3) is 11.2 Å². The van der Waals surface area contributed by atoms with E-state index in [1.165, 1.54) is 10.9 Å². The monoisotopic (exact) mass is 400 g/mol. The second kappa shape index (κ2) is 7.67. The molecule has 29 heavy (non-hydrogen) atoms. The number of rotatable bonds is 5. The molecule has 4 rings (SSSR count). The smallest absolute Gasteiger partial charge is 0.228 e. The lowest BCUT2D eigenvalue weighted by Gasteiger charge is -2.18. The van der Waals surface area contributed by atoms with Gasteiger partial charge in [-0.2, -0.15) is 5.10 Å². The fraction of sp³-hybridized carbons (Fsp3) is 0.353. The molecule has 0 spiro atoms. The van der Waals surface area contributed by atoms with Crippen molar-refractivity contribution in [2.45, 2.75) is 31.5 Å². The molecular weight excluding hydrogens is 380 g/mol. The van der Waals surface area contributed by atoms with E-state index in [2.05, 4.69) is 30.5 Å². The van der Waals surface area contributed by atoms with E-state index in [9.17, 15) is 15.3 Å². The largest absolute Gasteiger partial charge is 0.394 e. The highest BCUT2D eigenvalue weighted by molar-refractivity contribution is 5.98. The highest BCUT2D eigenvalue weighted by atomic mass is 16.6. The van der Waals surface area contributed by atoms with Crippen LogP contribution in [0.15, 0.2) is 36.0 Å². The Morgan fingerprint density at radius 1 is 1.34 bits per heavy atom. The molecule has 0 aliphatic carbocycles. The van der Waals surface area contributed by atoms with Crippen LogP contribution in [0.2, 0.25) is 0 Å². The number of pyridine rings is 1. The fourth-order valence-corrected chi connectivity index (χ4v) is 3.11. The molecule has 0 aromatic carbocycles. The predicted octanol–water partition coefficient (Wildman–Crippen LogP) is -0.749. The Morgan fingerprint density at radius 3 is 2.86 bits per heavy atom. The number of nitrogens with one attached hydrogen (secondary N) is 1. The number of aliphatic hydroxyl groups is 3. The summed E-state index contributed by atoms with van der Waals surface area (Å²) < 4.78 is 7.06. The lowest BCUT2D eigenvalue weighted by atomic mass is 10.1. The van der Waals surface area contributed by atoms with Crippen molar-refractivity contribution in [2.75, 3.05) is 17.8 Å². The van der Waals surface area contributed by atoms with E-state index < -0.39 is 31.1 Å². The van der Waals surface area contributed by atoms with E-state index in [1.54, 1.807) is 25.4 Å². The second-order valence-electron chi connectivity index (χ2n) is 6.52. The molecule has 12 nitrogen and oxygen atoms in total. The van der Waals surface area contributed by atoms with Crippen molar-refractivity contribution >= 4 is 28.6 Å². The van der Waals surface area contributed by atoms with E-state index >= 15 is 0 Å². The molecule has 0 saturated carbocycles. The minimum Gasteiger partial charge on any atom is -0.394 e. The first-order valence-electron chi connectivity index (χ1n) is 8.82. The van der Waals surface area contributed by atoms with Crippen molar-refractivity contribution in [3.8, 4) is 0 Å². The van der Waals surface area contributed by atoms with Gasteiger partial charge in [-0.1, -0.05) is 6.07 Å². The van der Waals surface area contributed by atoms with E-state index in [0.717, 1.165) is 5.56 Å². The lowest BCUT2D eigenvalue weighted by Crippen LogP contribution is -2.33. The molecule has 152 valence electrons. The summed E-state index contributed by atoms with van der Waals surface area (Å²) in [5.41, 5.74) is 10.7. The van der Waals surface area contributed by atoms with Crippen LogP contribution in [-0.2, 0) is 4.74 Å². The van der Waals surface area contributed by atoms with Gasteiger partial charge >= 0.3 is 0 Å². The molecule has 3 aromatic heterocycles. The number of fused-ring (bicyclic) bond motifs is 1. The minimum atomic E-state index is -1.33. The van der Waals surface area contributed by atoms with Crippen molar-refractivity contribution in [3.05, 3.63) is 36.4 Å². The molecule has 0 bridgehead atoms. The Kier molecular flexibility index (Phi) is 5.07. The van der Waals surface area contributed by atoms with Gasteiger partial charge in [-0.15, -0.1) is 0 Å². The topological polar surface area (TPSA) is 177 Å². The number of ether oxygens (including phenoxy) is 1. The van der Waals surface area contributed by atoms with E-state index in [0.29, 0.717) is 5.71 Å². The fourth-order valence-electron chi connectivity index (χ4n) is 3.11. The summed E-state index contributed by atoms with van der Waals surface area (Å²) in [5.74, 6) is 0.307. The zero-order valence-electron chi connectivity index (χ0n) is 15.4. The summed E-state index contributed by atoms with van der Waals surface area (Å²) in [6, 6.07) is 3.64. The molecule has 1 saturated heterocycles. The number of anilines is 2. The number of aliphatic hydroxyl groups excluding tert-OH is 3. The number of nitrogen functional groups attached to an aromatic ring is 1. The lowest BCUT2D eigenvalue weighted by molar-refractivity contribution is -0.0501. The van der Waals surface area contributed by atoms with Crippen LogP contribution < -0.4 is 11.2 Å². The van der Waals surface area contributed by atoms with Crippen molar-refractivity contribution in [2.24, 2.45) is 5.10 Å². The first-order valence-corrected chi connectivity index (χ1v) is 8.82. The summed E-state index contributed by atoms with van der Waals surface area (Å²) in [5, 5.41) is 34.3. The van der Waals surface area contributed by atoms with Gasteiger partial charge in [-0.3, -0.25) is 9.55 Å². The highest BCUT2D eigenvalue weighted by Gasteiger charge is 2.45. The second-order valence-corrected chi connectivity index (χ2v) is 6.52. The van der Waals surface area contributed by atoms with Crippen LogP contribution >= 0.6 is 0 Å². The van der Waals surface area contributed by atoms with Crippen molar-refractivity contribution in [3.63, 3.8) is 0 Å². The van der Waals surface area contributed by atoms with Gasteiger partial charge in [0.2, 0.25) is 5.95 Å². The number of nitrogens with zero attached hydrogens (tertiary/aromatic N) is 6. The molecule has 0 radical (unpaired) electrons. The molecule has 1 fully saturated rings. The average molecular weight is 400 g/mol. The Morgan fingerprint density at radius 2 is 2.17 bits per heavy atom. The van der Waals surface area contributed by atoms with E-state index in [1.807, 2.05) is 6.07 Å². The summed E-state index contributed by atoms with van der Waals surface area (Å²) in [6.07, 6.45) is -0.0607. The van der Waals surface area contributed by atoms with Gasteiger partial charge in [0.05, 0.1) is 12.3 Å². The van der Waals surface area contributed by atoms with Gasteiger partial charge in [0.25, 0.3) is 0 Å². The molecule has 4 atom stereocenters. The van der Waals surface area contributed by atoms with Gasteiger partial charge in [-0.25, -0.2) is 20.4 Å². The van der Waals surface area contributed by atoms with E-state index in [4.69, 9.17) is 10.5 Å². The van der Waals surface area contributed by atoms with Crippen molar-refractivity contribution < 1.29 is 20.1 Å². The van der Waals surface area contributed by atoms with Crippen LogP contribution in [0.5, 0.6) is 0 Å². The average Bonchev–Trinajstić information content (AvgIpc) is 3.25. The van der Waals surface area contributed by atoms with Crippen LogP contribution in [-0.4, -0.2) is 70.5 Å². The molecule has 6 N–H and O–H groups in total. The Labute approximate surface area is 164 Å². The Bertz CT molecular complexity index is 1040. The zero-order valence-corrected chi connectivity index (χ0v) is 15.4. The molecule has 3 aromatic rings. The molecule has 4 heterocycles. The van der Waals surface area contributed by atoms with Crippen LogP contribution in [0.1, 0.15) is 18.7 Å². The van der Waals surface area contributed by atoms with Crippen LogP contribution in [0.3, 0.4) is 0 Å². The SMILES string of the molecule is CC(=NNc1nc2c(N)ncnc2n1C1OC(CO)C(O)C1O)c1cccnc1. The third-order valence-electron chi connectivity index (χ3n) is 4.68. The summed E-state index contributed by atoms with van der Waals surface area (Å²) in [4.78, 5) is 16.5. The third kappa shape index (κ3) is 3.38. The molecule has 12 heteroatoms. The maximum absolute atomic E-state index is 10.5. The molecule has 1 aliphatic rings. The number of hydrazone groups is 1. The molecule has 0 amide bonds. The zero-order chi connectivity index (χ0) is 20.5. The van der Waals surface area contributed by atoms with Gasteiger partial charge in [0.15, 0.2) is 23.2 Å². The molecule has 1 aliphatic heterocycles. The van der Waals surface area contributed by atoms with Gasteiger partial charge in [0, 0.05) is 18.0 Å². The quantitative estimate of drug-likeness (QED) is 0.270. The first-order chi connectivity index (χ1) is 14.0. The van der Waals surface area contributed by atoms with Gasteiger partial charge in [-0.05, 0) is 13.0 Å². The summed E-state index contributed by atoms with van der Waals surface area (Å²) in [7, 11) is 0. The maximum atomic E-state index is 10.5. The first kappa shape index (κ1) is 19.1. The third-order valence-corrected chi connectivity index (χ3v) is 4.68. The maximum Gasteiger partial charge on any atom is 0.228 e. The van der Waals surface area contributed by atoms with Crippen molar-refractivity contribution in [1.29, 1.82) is 0 Å².